The number of hydrogen-bond donors (Lipinski definition) is 0. The molecule has 0 amide bonds. The van der Waals surface area contributed by atoms with E-state index in [1.165, 1.54) is 10.4 Å². The molecule has 4 rings (SSSR count). The predicted molar refractivity (Wildman–Crippen MR) is 141 cm³/mol. The molecule has 0 saturated heterocycles. The monoisotopic (exact) mass is 540 g/mol. The Kier molecular flexibility index (Phi) is 7.28. The van der Waals surface area contributed by atoms with Crippen LogP contribution < -0.4 is 4.74 Å². The zero-order chi connectivity index (χ0) is 23.6. The molecule has 3 aromatic rings. The quantitative estimate of drug-likeness (QED) is 0.304. The summed E-state index contributed by atoms with van der Waals surface area (Å²) in [6, 6.07) is 15.9. The minimum absolute atomic E-state index is 0.279. The van der Waals surface area contributed by atoms with Crippen LogP contribution in [0.1, 0.15) is 54.3 Å². The molecule has 0 fully saturated rings. The van der Waals surface area contributed by atoms with Crippen molar-refractivity contribution in [3.8, 4) is 11.8 Å². The topological polar surface area (TPSA) is 45.4 Å². The van der Waals surface area contributed by atoms with Gasteiger partial charge in [-0.15, -0.1) is 11.3 Å². The van der Waals surface area contributed by atoms with Gasteiger partial charge >= 0.3 is 0 Å². The van der Waals surface area contributed by atoms with E-state index in [2.05, 4.69) is 42.8 Å². The van der Waals surface area contributed by atoms with Gasteiger partial charge in [-0.2, -0.15) is 5.26 Å². The average molecular weight is 542 g/mol. The molecule has 3 nitrogen and oxygen atoms in total. The Hall–Kier alpha value is -2.13. The lowest BCUT2D eigenvalue weighted by Crippen LogP contribution is -2.26. The Morgan fingerprint density at radius 3 is 2.67 bits per heavy atom. The molecule has 0 N–H and O–H groups in total. The van der Waals surface area contributed by atoms with Crippen molar-refractivity contribution in [2.75, 3.05) is 0 Å². The first kappa shape index (κ1) is 24.0. The van der Waals surface area contributed by atoms with E-state index in [1.807, 2.05) is 48.7 Å². The summed E-state index contributed by atoms with van der Waals surface area (Å²) in [5, 5.41) is 11.3. The molecule has 1 aromatic heterocycles. The van der Waals surface area contributed by atoms with Crippen LogP contribution >= 0.6 is 38.9 Å². The van der Waals surface area contributed by atoms with E-state index >= 15 is 0 Å². The third-order valence-corrected chi connectivity index (χ3v) is 8.21. The second-order valence-electron chi connectivity index (χ2n) is 9.46. The number of hydrogen-bond acceptors (Lipinski definition) is 4. The number of fused-ring (bicyclic) bond motifs is 1. The van der Waals surface area contributed by atoms with Crippen LogP contribution in [0.3, 0.4) is 0 Å². The first-order chi connectivity index (χ1) is 15.7. The fourth-order valence-corrected chi connectivity index (χ4v) is 5.96. The van der Waals surface area contributed by atoms with Crippen LogP contribution in [0.15, 0.2) is 51.9 Å². The molecule has 1 heterocycles. The Labute approximate surface area is 213 Å². The van der Waals surface area contributed by atoms with Crippen molar-refractivity contribution in [1.29, 1.82) is 5.26 Å². The number of aliphatic imine (C=N–C) groups is 1. The van der Waals surface area contributed by atoms with Crippen LogP contribution in [0.2, 0.25) is 5.02 Å². The molecular weight excluding hydrogens is 516 g/mol. The van der Waals surface area contributed by atoms with Gasteiger partial charge in [0, 0.05) is 16.1 Å². The second kappa shape index (κ2) is 10.0. The highest BCUT2D eigenvalue weighted by Gasteiger charge is 2.32. The maximum Gasteiger partial charge on any atom is 0.134 e. The van der Waals surface area contributed by atoms with Crippen LogP contribution in [0.25, 0.3) is 0 Å². The Bertz CT molecular complexity index is 1220. The van der Waals surface area contributed by atoms with Crippen molar-refractivity contribution in [3.63, 3.8) is 0 Å². The van der Waals surface area contributed by atoms with Gasteiger partial charge in [-0.25, -0.2) is 4.99 Å². The lowest BCUT2D eigenvalue weighted by molar-refractivity contribution is 0.218. The molecule has 0 bridgehead atoms. The second-order valence-corrected chi connectivity index (χ2v) is 11.8. The van der Waals surface area contributed by atoms with E-state index in [9.17, 15) is 5.26 Å². The molecule has 1 atom stereocenters. The SMILES string of the molecule is CC(C)(C)[C@@H]1CCc2c(sc(N=Cc3ccc(OCc4ccc(Cl)cc4)c(Br)c3)c2C#N)C1. The molecule has 0 spiro atoms. The molecule has 0 unspecified atom stereocenters. The molecule has 0 radical (unpaired) electrons. The molecule has 1 aliphatic carbocycles. The number of halogens is 2. The van der Waals surface area contributed by atoms with Gasteiger partial charge in [-0.3, -0.25) is 0 Å². The number of benzene rings is 2. The fraction of sp³-hybridized carbons (Fsp3) is 0.333. The van der Waals surface area contributed by atoms with Gasteiger partial charge in [0.25, 0.3) is 0 Å². The fourth-order valence-electron chi connectivity index (χ4n) is 4.11. The Balaban J connectivity index is 1.48. The van der Waals surface area contributed by atoms with Crippen LogP contribution in [0, 0.1) is 22.7 Å². The van der Waals surface area contributed by atoms with Gasteiger partial charge in [-0.05, 0) is 93.5 Å². The average Bonchev–Trinajstić information content (AvgIpc) is 3.14. The van der Waals surface area contributed by atoms with E-state index < -0.39 is 0 Å². The molecular formula is C27H26BrClN2OS. The van der Waals surface area contributed by atoms with Crippen molar-refractivity contribution in [1.82, 2.24) is 0 Å². The number of nitrogens with zero attached hydrogens (tertiary/aromatic N) is 2. The summed E-state index contributed by atoms with van der Waals surface area (Å²) in [4.78, 5) is 6.04. The minimum Gasteiger partial charge on any atom is -0.488 e. The van der Waals surface area contributed by atoms with Gasteiger partial charge < -0.3 is 4.74 Å². The lowest BCUT2D eigenvalue weighted by atomic mass is 9.72. The van der Waals surface area contributed by atoms with Crippen molar-refractivity contribution >= 4 is 50.1 Å². The third-order valence-electron chi connectivity index (χ3n) is 6.18. The highest BCUT2D eigenvalue weighted by atomic mass is 79.9. The summed E-state index contributed by atoms with van der Waals surface area (Å²) in [6.07, 6.45) is 4.97. The van der Waals surface area contributed by atoms with E-state index in [1.54, 1.807) is 11.3 Å². The summed E-state index contributed by atoms with van der Waals surface area (Å²) >= 11 is 11.2. The van der Waals surface area contributed by atoms with Crippen molar-refractivity contribution in [2.45, 2.75) is 46.6 Å². The molecule has 0 aliphatic heterocycles. The molecule has 170 valence electrons. The van der Waals surface area contributed by atoms with Crippen LogP contribution in [0.5, 0.6) is 5.75 Å². The van der Waals surface area contributed by atoms with E-state index in [0.29, 0.717) is 17.5 Å². The number of nitriles is 1. The van der Waals surface area contributed by atoms with E-state index in [4.69, 9.17) is 21.3 Å². The summed E-state index contributed by atoms with van der Waals surface area (Å²) in [5.41, 5.74) is 4.24. The zero-order valence-electron chi connectivity index (χ0n) is 19.0. The van der Waals surface area contributed by atoms with Crippen LogP contribution in [-0.4, -0.2) is 6.21 Å². The van der Waals surface area contributed by atoms with Gasteiger partial charge in [0.05, 0.1) is 10.0 Å². The molecule has 0 saturated carbocycles. The molecule has 1 aliphatic rings. The van der Waals surface area contributed by atoms with Gasteiger partial charge in [0.15, 0.2) is 0 Å². The number of ether oxygens (including phenoxy) is 1. The Morgan fingerprint density at radius 1 is 1.24 bits per heavy atom. The number of thiophene rings is 1. The maximum absolute atomic E-state index is 9.79. The maximum atomic E-state index is 9.79. The predicted octanol–water partition coefficient (Wildman–Crippen LogP) is 8.52. The smallest absolute Gasteiger partial charge is 0.134 e. The molecule has 2 aromatic carbocycles. The van der Waals surface area contributed by atoms with E-state index in [-0.39, 0.29) is 5.41 Å². The minimum atomic E-state index is 0.279. The van der Waals surface area contributed by atoms with Crippen molar-refractivity contribution in [2.24, 2.45) is 16.3 Å². The highest BCUT2D eigenvalue weighted by molar-refractivity contribution is 9.10. The first-order valence-electron chi connectivity index (χ1n) is 11.0. The zero-order valence-corrected chi connectivity index (χ0v) is 22.1. The first-order valence-corrected chi connectivity index (χ1v) is 13.0. The van der Waals surface area contributed by atoms with Gasteiger partial charge in [-0.1, -0.05) is 44.5 Å². The third kappa shape index (κ3) is 5.69. The van der Waals surface area contributed by atoms with Crippen molar-refractivity contribution in [3.05, 3.63) is 79.1 Å². The van der Waals surface area contributed by atoms with Gasteiger partial charge in [0.1, 0.15) is 23.4 Å². The summed E-state index contributed by atoms with van der Waals surface area (Å²) < 4.78 is 6.79. The van der Waals surface area contributed by atoms with Crippen LogP contribution in [-0.2, 0) is 19.4 Å². The van der Waals surface area contributed by atoms with E-state index in [0.717, 1.165) is 51.2 Å². The van der Waals surface area contributed by atoms with Crippen LogP contribution in [0.4, 0.5) is 5.00 Å². The standard InChI is InChI=1S/C27H26BrClN2OS/c1-27(2,3)19-7-10-21-22(14-30)26(33-25(21)13-19)31-15-18-6-11-24(23(28)12-18)32-16-17-4-8-20(29)9-5-17/h4-6,8-9,11-12,15,19H,7,10,13,16H2,1-3H3/t19-/m1/s1. The lowest BCUT2D eigenvalue weighted by Gasteiger charge is -2.33. The van der Waals surface area contributed by atoms with Crippen molar-refractivity contribution < 1.29 is 4.74 Å². The largest absolute Gasteiger partial charge is 0.488 e. The Morgan fingerprint density at radius 2 is 2.00 bits per heavy atom. The summed E-state index contributed by atoms with van der Waals surface area (Å²) in [6.45, 7) is 7.38. The van der Waals surface area contributed by atoms with Gasteiger partial charge in [0.2, 0.25) is 0 Å². The number of rotatable bonds is 5. The molecule has 6 heteroatoms. The highest BCUT2D eigenvalue weighted by Crippen LogP contribution is 2.44. The molecule has 33 heavy (non-hydrogen) atoms. The summed E-state index contributed by atoms with van der Waals surface area (Å²) in [7, 11) is 0. The summed E-state index contributed by atoms with van der Waals surface area (Å²) in [5.74, 6) is 1.41. The normalized spacial score (nSPS) is 15.9.